The van der Waals surface area contributed by atoms with E-state index in [0.717, 1.165) is 4.57 Å². The van der Waals surface area contributed by atoms with Gasteiger partial charge in [0.1, 0.15) is 12.3 Å². The van der Waals surface area contributed by atoms with Crippen LogP contribution in [-0.4, -0.2) is 35.2 Å². The second-order valence-corrected chi connectivity index (χ2v) is 6.39. The fraction of sp³-hybridized carbons (Fsp3) is 0.238. The van der Waals surface area contributed by atoms with E-state index in [1.54, 1.807) is 37.3 Å². The van der Waals surface area contributed by atoms with E-state index in [1.165, 1.54) is 30.9 Å². The molecule has 0 spiro atoms. The van der Waals surface area contributed by atoms with Crippen LogP contribution in [0.2, 0.25) is 0 Å². The average Bonchev–Trinajstić information content (AvgIpc) is 2.76. The fourth-order valence-electron chi connectivity index (χ4n) is 3.17. The third-order valence-corrected chi connectivity index (χ3v) is 4.66. The van der Waals surface area contributed by atoms with Crippen LogP contribution in [0.15, 0.2) is 52.1 Å². The van der Waals surface area contributed by atoms with Crippen molar-refractivity contribution >= 4 is 28.5 Å². The van der Waals surface area contributed by atoms with Crippen molar-refractivity contribution in [2.45, 2.75) is 20.0 Å². The number of anilines is 1. The average molecular weight is 411 g/mol. The van der Waals surface area contributed by atoms with E-state index < -0.39 is 23.1 Å². The zero-order valence-corrected chi connectivity index (χ0v) is 16.8. The molecule has 9 nitrogen and oxygen atoms in total. The van der Waals surface area contributed by atoms with Crippen LogP contribution < -0.4 is 21.3 Å². The maximum atomic E-state index is 12.8. The van der Waals surface area contributed by atoms with Gasteiger partial charge in [0, 0.05) is 6.54 Å². The Balaban J connectivity index is 2.00. The summed E-state index contributed by atoms with van der Waals surface area (Å²) in [4.78, 5) is 50.1. The molecule has 1 amide bonds. The van der Waals surface area contributed by atoms with E-state index >= 15 is 0 Å². The zero-order valence-electron chi connectivity index (χ0n) is 16.8. The summed E-state index contributed by atoms with van der Waals surface area (Å²) in [6, 6.07) is 11.1. The number of esters is 1. The first-order chi connectivity index (χ1) is 14.4. The lowest BCUT2D eigenvalue weighted by Gasteiger charge is -2.14. The number of aromatic nitrogens is 2. The van der Waals surface area contributed by atoms with E-state index in [0.29, 0.717) is 16.7 Å². The van der Waals surface area contributed by atoms with Gasteiger partial charge in [-0.3, -0.25) is 18.7 Å². The van der Waals surface area contributed by atoms with Crippen molar-refractivity contribution in [1.82, 2.24) is 9.13 Å². The van der Waals surface area contributed by atoms with Crippen LogP contribution in [0.25, 0.3) is 10.9 Å². The van der Waals surface area contributed by atoms with E-state index in [9.17, 15) is 19.2 Å². The van der Waals surface area contributed by atoms with Crippen molar-refractivity contribution in [2.75, 3.05) is 19.5 Å². The van der Waals surface area contributed by atoms with Crippen molar-refractivity contribution in [3.63, 3.8) is 0 Å². The molecule has 0 aliphatic carbocycles. The SMILES string of the molecule is CCn1c(=O)c2ccccc2n(CC(=O)Nc2ccc(OC)cc2C(=O)OC)c1=O. The van der Waals surface area contributed by atoms with Crippen LogP contribution in [0.3, 0.4) is 0 Å². The Kier molecular flexibility index (Phi) is 6.01. The molecular formula is C21H21N3O6. The number of fused-ring (bicyclic) bond motifs is 1. The molecule has 1 N–H and O–H groups in total. The van der Waals surface area contributed by atoms with Gasteiger partial charge in [0.25, 0.3) is 5.56 Å². The van der Waals surface area contributed by atoms with Crippen molar-refractivity contribution in [3.8, 4) is 5.75 Å². The molecule has 0 atom stereocenters. The molecular weight excluding hydrogens is 390 g/mol. The molecule has 0 saturated heterocycles. The highest BCUT2D eigenvalue weighted by molar-refractivity contribution is 6.01. The first-order valence-electron chi connectivity index (χ1n) is 9.19. The van der Waals surface area contributed by atoms with Crippen LogP contribution in [0.1, 0.15) is 17.3 Å². The minimum absolute atomic E-state index is 0.112. The number of para-hydroxylation sites is 1. The molecule has 0 fully saturated rings. The standard InChI is InChI=1S/C21H21N3O6/c1-4-23-19(26)14-7-5-6-8-17(14)24(21(23)28)12-18(25)22-16-10-9-13(29-2)11-15(16)20(27)30-3/h5-11H,4,12H2,1-3H3,(H,22,25). The molecule has 2 aromatic carbocycles. The normalized spacial score (nSPS) is 10.6. The largest absolute Gasteiger partial charge is 0.497 e. The number of amides is 1. The smallest absolute Gasteiger partial charge is 0.340 e. The summed E-state index contributed by atoms with van der Waals surface area (Å²) in [6.07, 6.45) is 0. The fourth-order valence-corrected chi connectivity index (χ4v) is 3.17. The number of hydrogen-bond acceptors (Lipinski definition) is 6. The van der Waals surface area contributed by atoms with Crippen molar-refractivity contribution in [1.29, 1.82) is 0 Å². The molecule has 0 radical (unpaired) electrons. The monoisotopic (exact) mass is 411 g/mol. The number of carbonyl (C=O) groups excluding carboxylic acids is 2. The van der Waals surface area contributed by atoms with Gasteiger partial charge in [0.2, 0.25) is 5.91 Å². The maximum absolute atomic E-state index is 12.8. The summed E-state index contributed by atoms with van der Waals surface area (Å²) in [5.41, 5.74) is -0.304. The van der Waals surface area contributed by atoms with Gasteiger partial charge >= 0.3 is 11.7 Å². The molecule has 0 bridgehead atoms. The first kappa shape index (κ1) is 20.8. The Morgan fingerprint density at radius 3 is 2.43 bits per heavy atom. The second-order valence-electron chi connectivity index (χ2n) is 6.39. The molecule has 1 heterocycles. The predicted octanol–water partition coefficient (Wildman–Crippen LogP) is 1.62. The Morgan fingerprint density at radius 2 is 1.77 bits per heavy atom. The molecule has 0 unspecified atom stereocenters. The van der Waals surface area contributed by atoms with Crippen LogP contribution in [0, 0.1) is 0 Å². The highest BCUT2D eigenvalue weighted by Crippen LogP contribution is 2.23. The van der Waals surface area contributed by atoms with Crippen LogP contribution in [0.4, 0.5) is 5.69 Å². The zero-order chi connectivity index (χ0) is 21.8. The van der Waals surface area contributed by atoms with E-state index in [1.807, 2.05) is 0 Å². The van der Waals surface area contributed by atoms with Gasteiger partial charge in [0.15, 0.2) is 0 Å². The summed E-state index contributed by atoms with van der Waals surface area (Å²) in [6.45, 7) is 1.52. The summed E-state index contributed by atoms with van der Waals surface area (Å²) in [5, 5.41) is 2.97. The van der Waals surface area contributed by atoms with Crippen molar-refractivity contribution in [2.24, 2.45) is 0 Å². The van der Waals surface area contributed by atoms with Crippen LogP contribution in [-0.2, 0) is 22.6 Å². The maximum Gasteiger partial charge on any atom is 0.340 e. The Labute approximate surface area is 171 Å². The third-order valence-electron chi connectivity index (χ3n) is 4.66. The Bertz CT molecular complexity index is 1240. The van der Waals surface area contributed by atoms with E-state index in [4.69, 9.17) is 9.47 Å². The summed E-state index contributed by atoms with van der Waals surface area (Å²) >= 11 is 0. The molecule has 1 aromatic heterocycles. The lowest BCUT2D eigenvalue weighted by Crippen LogP contribution is -2.41. The van der Waals surface area contributed by atoms with Crippen molar-refractivity contribution < 1.29 is 19.1 Å². The number of nitrogens with zero attached hydrogens (tertiary/aromatic N) is 2. The summed E-state index contributed by atoms with van der Waals surface area (Å²) < 4.78 is 12.2. The van der Waals surface area contributed by atoms with Gasteiger partial charge in [-0.05, 0) is 37.3 Å². The number of carbonyl (C=O) groups is 2. The number of nitrogens with one attached hydrogen (secondary N) is 1. The lowest BCUT2D eigenvalue weighted by molar-refractivity contribution is -0.116. The minimum atomic E-state index is -0.647. The van der Waals surface area contributed by atoms with Crippen LogP contribution >= 0.6 is 0 Å². The molecule has 3 aromatic rings. The van der Waals surface area contributed by atoms with E-state index in [2.05, 4.69) is 5.32 Å². The summed E-state index contributed by atoms with van der Waals surface area (Å²) in [5.74, 6) is -0.768. The third kappa shape index (κ3) is 3.82. The predicted molar refractivity (Wildman–Crippen MR) is 111 cm³/mol. The van der Waals surface area contributed by atoms with Gasteiger partial charge in [0.05, 0.1) is 36.4 Å². The van der Waals surface area contributed by atoms with Crippen molar-refractivity contribution in [3.05, 3.63) is 68.9 Å². The van der Waals surface area contributed by atoms with Gasteiger partial charge < -0.3 is 14.8 Å². The minimum Gasteiger partial charge on any atom is -0.497 e. The quantitative estimate of drug-likeness (QED) is 0.618. The summed E-state index contributed by atoms with van der Waals surface area (Å²) in [7, 11) is 2.68. The van der Waals surface area contributed by atoms with Crippen LogP contribution in [0.5, 0.6) is 5.75 Å². The molecule has 9 heteroatoms. The Hall–Kier alpha value is -3.88. The molecule has 30 heavy (non-hydrogen) atoms. The van der Waals surface area contributed by atoms with Gasteiger partial charge in [-0.2, -0.15) is 0 Å². The number of benzene rings is 2. The first-order valence-corrected chi connectivity index (χ1v) is 9.19. The number of ether oxygens (including phenoxy) is 2. The second kappa shape index (κ2) is 8.64. The molecule has 3 rings (SSSR count). The molecule has 0 aliphatic heterocycles. The topological polar surface area (TPSA) is 109 Å². The number of methoxy groups -OCH3 is 2. The van der Waals surface area contributed by atoms with Gasteiger partial charge in [-0.25, -0.2) is 9.59 Å². The van der Waals surface area contributed by atoms with Gasteiger partial charge in [-0.1, -0.05) is 12.1 Å². The van der Waals surface area contributed by atoms with E-state index in [-0.39, 0.29) is 24.3 Å². The number of rotatable bonds is 6. The number of hydrogen-bond donors (Lipinski definition) is 1. The lowest BCUT2D eigenvalue weighted by atomic mass is 10.1. The Morgan fingerprint density at radius 1 is 1.03 bits per heavy atom. The molecule has 0 saturated carbocycles. The highest BCUT2D eigenvalue weighted by atomic mass is 16.5. The molecule has 156 valence electrons. The van der Waals surface area contributed by atoms with Gasteiger partial charge in [-0.15, -0.1) is 0 Å². The highest BCUT2D eigenvalue weighted by Gasteiger charge is 2.18. The molecule has 0 aliphatic rings.